The van der Waals surface area contributed by atoms with Crippen molar-refractivity contribution in [1.82, 2.24) is 4.90 Å². The Morgan fingerprint density at radius 2 is 1.67 bits per heavy atom. The minimum atomic E-state index is -3.67. The number of ether oxygens (including phenoxy) is 1. The van der Waals surface area contributed by atoms with E-state index in [4.69, 9.17) is 4.74 Å². The third kappa shape index (κ3) is 6.39. The molecule has 4 rings (SSSR count). The average molecular weight is 508 g/mol. The van der Waals surface area contributed by atoms with Crippen LogP contribution in [-0.4, -0.2) is 46.6 Å². The SMILES string of the molecule is CCCCc1ccc(NS(=O)(=O)c2ccc(C)c(CN3CCN(c4ccccc4OC)CC3)c2)cc1. The van der Waals surface area contributed by atoms with Gasteiger partial charge in [-0.1, -0.05) is 43.7 Å². The van der Waals surface area contributed by atoms with E-state index < -0.39 is 10.0 Å². The van der Waals surface area contributed by atoms with Crippen molar-refractivity contribution < 1.29 is 13.2 Å². The van der Waals surface area contributed by atoms with Crippen LogP contribution in [0.15, 0.2) is 71.6 Å². The van der Waals surface area contributed by atoms with Gasteiger partial charge >= 0.3 is 0 Å². The number of anilines is 2. The Balaban J connectivity index is 1.40. The maximum atomic E-state index is 13.1. The first-order valence-corrected chi connectivity index (χ1v) is 14.2. The molecule has 1 N–H and O–H groups in total. The Morgan fingerprint density at radius 3 is 2.36 bits per heavy atom. The van der Waals surface area contributed by atoms with Crippen LogP contribution in [0.2, 0.25) is 0 Å². The number of unbranched alkanes of at least 4 members (excludes halogenated alkanes) is 1. The number of para-hydroxylation sites is 2. The molecule has 1 aliphatic rings. The Morgan fingerprint density at radius 1 is 0.944 bits per heavy atom. The van der Waals surface area contributed by atoms with Gasteiger partial charge < -0.3 is 9.64 Å². The van der Waals surface area contributed by atoms with E-state index >= 15 is 0 Å². The van der Waals surface area contributed by atoms with Gasteiger partial charge in [-0.15, -0.1) is 0 Å². The number of methoxy groups -OCH3 is 1. The second-order valence-electron chi connectivity index (χ2n) is 9.43. The fraction of sp³-hybridized carbons (Fsp3) is 0.379. The van der Waals surface area contributed by atoms with Crippen LogP contribution >= 0.6 is 0 Å². The van der Waals surface area contributed by atoms with Gasteiger partial charge in [0.15, 0.2) is 0 Å². The molecule has 0 unspecified atom stereocenters. The van der Waals surface area contributed by atoms with Gasteiger partial charge in [0.25, 0.3) is 10.0 Å². The zero-order chi connectivity index (χ0) is 25.5. The highest BCUT2D eigenvalue weighted by Gasteiger charge is 2.21. The van der Waals surface area contributed by atoms with Gasteiger partial charge in [-0.25, -0.2) is 8.42 Å². The van der Waals surface area contributed by atoms with Gasteiger partial charge in [-0.3, -0.25) is 9.62 Å². The standard InChI is InChI=1S/C29H37N3O3S/c1-4-5-8-24-12-14-26(15-13-24)30-36(33,34)27-16-11-23(2)25(21-27)22-31-17-19-32(20-18-31)28-9-6-7-10-29(28)35-3/h6-7,9-16,21,30H,4-5,8,17-20,22H2,1-3H3. The van der Waals surface area contributed by atoms with Crippen molar-refractivity contribution in [2.75, 3.05) is 42.9 Å². The van der Waals surface area contributed by atoms with Crippen molar-refractivity contribution in [3.05, 3.63) is 83.4 Å². The minimum Gasteiger partial charge on any atom is -0.495 e. The summed E-state index contributed by atoms with van der Waals surface area (Å²) in [5.74, 6) is 0.891. The first-order chi connectivity index (χ1) is 17.4. The third-order valence-electron chi connectivity index (χ3n) is 6.85. The summed E-state index contributed by atoms with van der Waals surface area (Å²) < 4.78 is 34.5. The fourth-order valence-electron chi connectivity index (χ4n) is 4.60. The lowest BCUT2D eigenvalue weighted by Crippen LogP contribution is -2.46. The third-order valence-corrected chi connectivity index (χ3v) is 8.23. The van der Waals surface area contributed by atoms with E-state index in [9.17, 15) is 8.42 Å². The van der Waals surface area contributed by atoms with Crippen LogP contribution in [0.25, 0.3) is 0 Å². The summed E-state index contributed by atoms with van der Waals surface area (Å²) in [4.78, 5) is 5.03. The van der Waals surface area contributed by atoms with E-state index in [-0.39, 0.29) is 0 Å². The summed E-state index contributed by atoms with van der Waals surface area (Å²) >= 11 is 0. The predicted molar refractivity (Wildman–Crippen MR) is 148 cm³/mol. The van der Waals surface area contributed by atoms with Crippen LogP contribution in [0, 0.1) is 6.92 Å². The lowest BCUT2D eigenvalue weighted by Gasteiger charge is -2.36. The number of benzene rings is 3. The molecule has 0 amide bonds. The van der Waals surface area contributed by atoms with Crippen molar-refractivity contribution in [2.24, 2.45) is 0 Å². The number of piperazine rings is 1. The molecule has 36 heavy (non-hydrogen) atoms. The molecule has 0 saturated carbocycles. The second-order valence-corrected chi connectivity index (χ2v) is 11.1. The molecule has 0 atom stereocenters. The van der Waals surface area contributed by atoms with E-state index in [0.29, 0.717) is 10.6 Å². The van der Waals surface area contributed by atoms with E-state index in [2.05, 4.69) is 27.5 Å². The number of nitrogens with one attached hydrogen (secondary N) is 1. The molecule has 1 saturated heterocycles. The molecule has 3 aromatic carbocycles. The zero-order valence-electron chi connectivity index (χ0n) is 21.5. The molecule has 0 bridgehead atoms. The average Bonchev–Trinajstić information content (AvgIpc) is 2.89. The number of rotatable bonds is 10. The largest absolute Gasteiger partial charge is 0.495 e. The van der Waals surface area contributed by atoms with Gasteiger partial charge in [-0.05, 0) is 72.9 Å². The number of sulfonamides is 1. The molecule has 6 nitrogen and oxygen atoms in total. The summed E-state index contributed by atoms with van der Waals surface area (Å²) in [7, 11) is -1.96. The Bertz CT molecular complexity index is 1250. The lowest BCUT2D eigenvalue weighted by molar-refractivity contribution is 0.248. The number of nitrogens with zero attached hydrogens (tertiary/aromatic N) is 2. The molecule has 0 aromatic heterocycles. The number of hydrogen-bond donors (Lipinski definition) is 1. The van der Waals surface area contributed by atoms with E-state index in [1.807, 2.05) is 61.5 Å². The highest BCUT2D eigenvalue weighted by Crippen LogP contribution is 2.29. The molecule has 1 fully saturated rings. The fourth-order valence-corrected chi connectivity index (χ4v) is 5.71. The van der Waals surface area contributed by atoms with Crippen molar-refractivity contribution in [3.63, 3.8) is 0 Å². The van der Waals surface area contributed by atoms with Crippen LogP contribution in [-0.2, 0) is 23.0 Å². The monoisotopic (exact) mass is 507 g/mol. The normalized spacial score (nSPS) is 14.6. The van der Waals surface area contributed by atoms with E-state index in [1.165, 1.54) is 5.56 Å². The maximum absolute atomic E-state index is 13.1. The predicted octanol–water partition coefficient (Wildman–Crippen LogP) is 5.47. The summed E-state index contributed by atoms with van der Waals surface area (Å²) in [5.41, 5.74) is 5.07. The Hall–Kier alpha value is -3.03. The molecule has 1 aliphatic heterocycles. The van der Waals surface area contributed by atoms with Gasteiger partial charge in [0.2, 0.25) is 0 Å². The number of hydrogen-bond acceptors (Lipinski definition) is 5. The minimum absolute atomic E-state index is 0.297. The van der Waals surface area contributed by atoms with Crippen LogP contribution < -0.4 is 14.4 Å². The Labute approximate surface area is 215 Å². The van der Waals surface area contributed by atoms with Crippen LogP contribution in [0.3, 0.4) is 0 Å². The summed E-state index contributed by atoms with van der Waals surface area (Å²) in [6.07, 6.45) is 3.28. The molecule has 0 radical (unpaired) electrons. The first kappa shape index (κ1) is 26.0. The molecule has 7 heteroatoms. The lowest BCUT2D eigenvalue weighted by atomic mass is 10.1. The smallest absolute Gasteiger partial charge is 0.261 e. The molecule has 0 spiro atoms. The topological polar surface area (TPSA) is 61.9 Å². The van der Waals surface area contributed by atoms with E-state index in [0.717, 1.165) is 74.6 Å². The quantitative estimate of drug-likeness (QED) is 0.394. The van der Waals surface area contributed by atoms with Crippen LogP contribution in [0.5, 0.6) is 5.75 Å². The second kappa shape index (κ2) is 11.8. The van der Waals surface area contributed by atoms with Gasteiger partial charge in [0.1, 0.15) is 5.75 Å². The summed E-state index contributed by atoms with van der Waals surface area (Å²) in [6, 6.07) is 21.2. The molecule has 0 aliphatic carbocycles. The van der Waals surface area contributed by atoms with Crippen molar-refractivity contribution in [2.45, 2.75) is 44.6 Å². The van der Waals surface area contributed by atoms with Gasteiger partial charge in [0, 0.05) is 38.4 Å². The highest BCUT2D eigenvalue weighted by molar-refractivity contribution is 7.92. The van der Waals surface area contributed by atoms with Crippen molar-refractivity contribution in [3.8, 4) is 5.75 Å². The summed E-state index contributed by atoms with van der Waals surface area (Å²) in [5, 5.41) is 0. The zero-order valence-corrected chi connectivity index (χ0v) is 22.4. The maximum Gasteiger partial charge on any atom is 0.261 e. The van der Waals surface area contributed by atoms with Gasteiger partial charge in [0.05, 0.1) is 17.7 Å². The molecule has 3 aromatic rings. The van der Waals surface area contributed by atoms with Crippen molar-refractivity contribution in [1.29, 1.82) is 0 Å². The number of aryl methyl sites for hydroxylation is 2. The van der Waals surface area contributed by atoms with Crippen molar-refractivity contribution >= 4 is 21.4 Å². The summed E-state index contributed by atoms with van der Waals surface area (Å²) in [6.45, 7) is 8.52. The molecule has 1 heterocycles. The molecule has 192 valence electrons. The van der Waals surface area contributed by atoms with Gasteiger partial charge in [-0.2, -0.15) is 0 Å². The van der Waals surface area contributed by atoms with Crippen LogP contribution in [0.1, 0.15) is 36.5 Å². The van der Waals surface area contributed by atoms with E-state index in [1.54, 1.807) is 13.2 Å². The first-order valence-electron chi connectivity index (χ1n) is 12.7. The Kier molecular flexibility index (Phi) is 8.54. The molecular formula is C29H37N3O3S. The molecular weight excluding hydrogens is 470 g/mol. The highest BCUT2D eigenvalue weighted by atomic mass is 32.2. The van der Waals surface area contributed by atoms with Crippen LogP contribution in [0.4, 0.5) is 11.4 Å².